The van der Waals surface area contributed by atoms with Gasteiger partial charge in [-0.1, -0.05) is 11.8 Å². The average molecular weight is 374 g/mol. The number of ether oxygens (including phenoxy) is 2. The van der Waals surface area contributed by atoms with E-state index in [1.807, 2.05) is 0 Å². The number of nitrogens with zero attached hydrogens (tertiary/aromatic N) is 2. The van der Waals surface area contributed by atoms with Crippen LogP contribution in [0.2, 0.25) is 0 Å². The van der Waals surface area contributed by atoms with Crippen molar-refractivity contribution in [3.8, 4) is 23.0 Å². The molecule has 1 heterocycles. The Kier molecular flexibility index (Phi) is 5.52. The summed E-state index contributed by atoms with van der Waals surface area (Å²) < 4.78 is 29.1. The maximum absolute atomic E-state index is 13.4. The van der Waals surface area contributed by atoms with Crippen molar-refractivity contribution in [2.45, 2.75) is 5.22 Å². The van der Waals surface area contributed by atoms with E-state index in [1.54, 1.807) is 31.4 Å². The topological polar surface area (TPSA) is 74.5 Å². The zero-order chi connectivity index (χ0) is 18.5. The van der Waals surface area contributed by atoms with Gasteiger partial charge >= 0.3 is 0 Å². The van der Waals surface area contributed by atoms with Crippen molar-refractivity contribution in [2.24, 2.45) is 0 Å². The van der Waals surface area contributed by atoms with E-state index in [4.69, 9.17) is 13.9 Å². The largest absolute Gasteiger partial charge is 0.497 e. The van der Waals surface area contributed by atoms with Crippen LogP contribution in [0.1, 0.15) is 10.4 Å². The Hall–Kier alpha value is -2.87. The summed E-state index contributed by atoms with van der Waals surface area (Å²) in [6.07, 6.45) is 0. The van der Waals surface area contributed by atoms with E-state index in [2.05, 4.69) is 10.2 Å². The fraction of sp³-hybridized carbons (Fsp3) is 0.167. The number of Topliss-reactive ketones (excluding diaryl/α,β-unsaturated/α-hetero) is 1. The molecule has 26 heavy (non-hydrogen) atoms. The van der Waals surface area contributed by atoms with Gasteiger partial charge < -0.3 is 13.9 Å². The molecule has 134 valence electrons. The molecule has 0 fully saturated rings. The van der Waals surface area contributed by atoms with E-state index in [1.165, 1.54) is 19.2 Å². The molecule has 0 saturated carbocycles. The van der Waals surface area contributed by atoms with Crippen molar-refractivity contribution in [1.29, 1.82) is 0 Å². The summed E-state index contributed by atoms with van der Waals surface area (Å²) >= 11 is 1.08. The molecule has 0 N–H and O–H groups in total. The monoisotopic (exact) mass is 374 g/mol. The Bertz CT molecular complexity index is 912. The minimum absolute atomic E-state index is 0.0179. The van der Waals surface area contributed by atoms with Crippen LogP contribution in [0.3, 0.4) is 0 Å². The van der Waals surface area contributed by atoms with Crippen molar-refractivity contribution in [3.63, 3.8) is 0 Å². The number of halogens is 1. The predicted octanol–water partition coefficient (Wildman–Crippen LogP) is 3.87. The van der Waals surface area contributed by atoms with E-state index in [9.17, 15) is 9.18 Å². The van der Waals surface area contributed by atoms with Gasteiger partial charge in [0.25, 0.3) is 5.22 Å². The highest BCUT2D eigenvalue weighted by atomic mass is 32.2. The number of thioether (sulfide) groups is 1. The second-order valence-electron chi connectivity index (χ2n) is 5.16. The van der Waals surface area contributed by atoms with Crippen LogP contribution in [-0.4, -0.2) is 36.0 Å². The van der Waals surface area contributed by atoms with E-state index >= 15 is 0 Å². The number of aromatic nitrogens is 2. The lowest BCUT2D eigenvalue weighted by Gasteiger charge is -2.06. The molecule has 0 bridgehead atoms. The number of hydrogen-bond donors (Lipinski definition) is 0. The summed E-state index contributed by atoms with van der Waals surface area (Å²) in [7, 11) is 3.01. The van der Waals surface area contributed by atoms with Crippen molar-refractivity contribution >= 4 is 17.5 Å². The lowest BCUT2D eigenvalue weighted by Crippen LogP contribution is -2.05. The van der Waals surface area contributed by atoms with Gasteiger partial charge in [-0.2, -0.15) is 0 Å². The molecule has 1 aromatic heterocycles. The maximum Gasteiger partial charge on any atom is 0.277 e. The normalized spacial score (nSPS) is 10.6. The number of carbonyl (C=O) groups is 1. The van der Waals surface area contributed by atoms with Gasteiger partial charge in [0.2, 0.25) is 5.89 Å². The van der Waals surface area contributed by atoms with Gasteiger partial charge in [-0.05, 0) is 42.5 Å². The number of carbonyl (C=O) groups excluding carboxylic acids is 1. The summed E-state index contributed by atoms with van der Waals surface area (Å²) in [5, 5.41) is 8.13. The van der Waals surface area contributed by atoms with E-state index < -0.39 is 5.82 Å². The molecule has 0 aliphatic rings. The van der Waals surface area contributed by atoms with Gasteiger partial charge in [-0.15, -0.1) is 10.2 Å². The predicted molar refractivity (Wildman–Crippen MR) is 94.3 cm³/mol. The Morgan fingerprint density at radius 3 is 2.58 bits per heavy atom. The molecule has 0 atom stereocenters. The first-order valence-electron chi connectivity index (χ1n) is 7.58. The molecule has 0 aliphatic heterocycles. The highest BCUT2D eigenvalue weighted by Crippen LogP contribution is 2.27. The third kappa shape index (κ3) is 4.02. The summed E-state index contributed by atoms with van der Waals surface area (Å²) in [6.45, 7) is 0. The maximum atomic E-state index is 13.4. The Labute approximate surface area is 153 Å². The Balaban J connectivity index is 1.68. The summed E-state index contributed by atoms with van der Waals surface area (Å²) in [5.41, 5.74) is 0.915. The van der Waals surface area contributed by atoms with Crippen molar-refractivity contribution < 1.29 is 23.1 Å². The number of methoxy groups -OCH3 is 2. The zero-order valence-electron chi connectivity index (χ0n) is 14.1. The van der Waals surface area contributed by atoms with Crippen molar-refractivity contribution in [1.82, 2.24) is 10.2 Å². The van der Waals surface area contributed by atoms with E-state index in [0.29, 0.717) is 11.6 Å². The average Bonchev–Trinajstić information content (AvgIpc) is 3.15. The molecular weight excluding hydrogens is 359 g/mol. The van der Waals surface area contributed by atoms with Gasteiger partial charge in [-0.25, -0.2) is 4.39 Å². The molecule has 8 heteroatoms. The number of ketones is 1. The third-order valence-corrected chi connectivity index (χ3v) is 4.35. The molecule has 2 aromatic carbocycles. The van der Waals surface area contributed by atoms with E-state index in [-0.39, 0.29) is 22.3 Å². The van der Waals surface area contributed by atoms with Gasteiger partial charge in [0.05, 0.1) is 25.5 Å². The fourth-order valence-electron chi connectivity index (χ4n) is 2.22. The number of hydrogen-bond acceptors (Lipinski definition) is 7. The van der Waals surface area contributed by atoms with Gasteiger partial charge in [0, 0.05) is 5.56 Å². The smallest absolute Gasteiger partial charge is 0.277 e. The minimum atomic E-state index is -0.501. The molecule has 3 rings (SSSR count). The quantitative estimate of drug-likeness (QED) is 0.459. The van der Waals surface area contributed by atoms with Crippen LogP contribution in [-0.2, 0) is 0 Å². The van der Waals surface area contributed by atoms with Crippen molar-refractivity contribution in [3.05, 3.63) is 53.8 Å². The molecule has 6 nitrogen and oxygen atoms in total. The lowest BCUT2D eigenvalue weighted by atomic mass is 10.1. The number of rotatable bonds is 7. The lowest BCUT2D eigenvalue weighted by molar-refractivity contribution is 0.101. The van der Waals surface area contributed by atoms with Crippen molar-refractivity contribution in [2.75, 3.05) is 20.0 Å². The second kappa shape index (κ2) is 8.01. The highest BCUT2D eigenvalue weighted by molar-refractivity contribution is 7.99. The summed E-state index contributed by atoms with van der Waals surface area (Å²) in [4.78, 5) is 12.3. The van der Waals surface area contributed by atoms with Crippen LogP contribution in [0, 0.1) is 5.82 Å². The SMILES string of the molecule is COc1ccc(-c2nnc(SCC(=O)c3cc(F)ccc3OC)o2)cc1. The van der Waals surface area contributed by atoms with Crippen LogP contribution in [0.4, 0.5) is 4.39 Å². The second-order valence-corrected chi connectivity index (χ2v) is 6.08. The van der Waals surface area contributed by atoms with Crippen LogP contribution in [0.25, 0.3) is 11.5 Å². The van der Waals surface area contributed by atoms with Crippen LogP contribution < -0.4 is 9.47 Å². The third-order valence-electron chi connectivity index (χ3n) is 3.53. The van der Waals surface area contributed by atoms with Crippen LogP contribution >= 0.6 is 11.8 Å². The zero-order valence-corrected chi connectivity index (χ0v) is 14.9. The van der Waals surface area contributed by atoms with Crippen LogP contribution in [0.5, 0.6) is 11.5 Å². The fourth-order valence-corrected chi connectivity index (χ4v) is 2.87. The molecule has 3 aromatic rings. The first kappa shape index (κ1) is 17.9. The molecule has 0 saturated heterocycles. The molecule has 0 spiro atoms. The van der Waals surface area contributed by atoms with Crippen LogP contribution in [0.15, 0.2) is 52.1 Å². The highest BCUT2D eigenvalue weighted by Gasteiger charge is 2.16. The first-order valence-corrected chi connectivity index (χ1v) is 8.56. The molecular formula is C18H15FN2O4S. The molecule has 0 unspecified atom stereocenters. The number of benzene rings is 2. The van der Waals surface area contributed by atoms with Gasteiger partial charge in [-0.3, -0.25) is 4.79 Å². The standard InChI is InChI=1S/C18H15FN2O4S/c1-23-13-6-3-11(4-7-13)17-20-21-18(25-17)26-10-15(22)14-9-12(19)5-8-16(14)24-2/h3-9H,10H2,1-2H3. The molecule has 0 aliphatic carbocycles. The van der Waals surface area contributed by atoms with Gasteiger partial charge in [0.15, 0.2) is 5.78 Å². The molecule has 0 radical (unpaired) electrons. The Morgan fingerprint density at radius 2 is 1.88 bits per heavy atom. The Morgan fingerprint density at radius 1 is 1.12 bits per heavy atom. The molecule has 0 amide bonds. The summed E-state index contributed by atoms with van der Waals surface area (Å²) in [6, 6.07) is 11.0. The minimum Gasteiger partial charge on any atom is -0.497 e. The first-order chi connectivity index (χ1) is 12.6. The van der Waals surface area contributed by atoms with E-state index in [0.717, 1.165) is 29.1 Å². The summed E-state index contributed by atoms with van der Waals surface area (Å²) in [5.74, 6) is 0.600. The van der Waals surface area contributed by atoms with Gasteiger partial charge in [0.1, 0.15) is 17.3 Å².